The fourth-order valence-corrected chi connectivity index (χ4v) is 2.76. The van der Waals surface area contributed by atoms with Crippen LogP contribution in [0.2, 0.25) is 5.02 Å². The standard InChI is InChI=1S/C15H20ClN3O2/c1-19(2)15(21)11-8-9(6-7-12(11)16)18-14(20)10-4-3-5-13(10)17/h6-8,10,13H,3-5,17H2,1-2H3,(H,18,20). The number of carbonyl (C=O) groups excluding carboxylic acids is 2. The number of nitrogens with zero attached hydrogens (tertiary/aromatic N) is 1. The number of amides is 2. The van der Waals surface area contributed by atoms with Crippen molar-refractivity contribution in [1.82, 2.24) is 4.90 Å². The largest absolute Gasteiger partial charge is 0.345 e. The maximum Gasteiger partial charge on any atom is 0.254 e. The number of hydrogen-bond acceptors (Lipinski definition) is 3. The van der Waals surface area contributed by atoms with Gasteiger partial charge in [-0.05, 0) is 31.0 Å². The van der Waals surface area contributed by atoms with Crippen molar-refractivity contribution in [3.63, 3.8) is 0 Å². The summed E-state index contributed by atoms with van der Waals surface area (Å²) in [6, 6.07) is 4.82. The third-order valence-electron chi connectivity index (χ3n) is 3.78. The van der Waals surface area contributed by atoms with Crippen LogP contribution in [0.1, 0.15) is 29.6 Å². The molecule has 114 valence electrons. The molecule has 2 atom stereocenters. The highest BCUT2D eigenvalue weighted by molar-refractivity contribution is 6.34. The Morgan fingerprint density at radius 2 is 2.05 bits per heavy atom. The van der Waals surface area contributed by atoms with E-state index >= 15 is 0 Å². The zero-order valence-electron chi connectivity index (χ0n) is 12.2. The summed E-state index contributed by atoms with van der Waals surface area (Å²) < 4.78 is 0. The van der Waals surface area contributed by atoms with Gasteiger partial charge >= 0.3 is 0 Å². The van der Waals surface area contributed by atoms with Gasteiger partial charge in [0.2, 0.25) is 5.91 Å². The summed E-state index contributed by atoms with van der Waals surface area (Å²) >= 11 is 6.04. The molecule has 0 aliphatic heterocycles. The first-order chi connectivity index (χ1) is 9.90. The molecule has 1 saturated carbocycles. The Bertz CT molecular complexity index is 560. The lowest BCUT2D eigenvalue weighted by atomic mass is 10.0. The number of benzene rings is 1. The van der Waals surface area contributed by atoms with E-state index < -0.39 is 0 Å². The molecule has 1 fully saturated rings. The molecule has 0 aromatic heterocycles. The van der Waals surface area contributed by atoms with Gasteiger partial charge in [-0.3, -0.25) is 9.59 Å². The Hall–Kier alpha value is -1.59. The van der Waals surface area contributed by atoms with E-state index in [2.05, 4.69) is 5.32 Å². The zero-order chi connectivity index (χ0) is 15.6. The lowest BCUT2D eigenvalue weighted by molar-refractivity contribution is -0.120. The van der Waals surface area contributed by atoms with Crippen molar-refractivity contribution in [3.05, 3.63) is 28.8 Å². The van der Waals surface area contributed by atoms with Gasteiger partial charge in [0, 0.05) is 25.8 Å². The fourth-order valence-electron chi connectivity index (χ4n) is 2.56. The Morgan fingerprint density at radius 3 is 2.62 bits per heavy atom. The highest BCUT2D eigenvalue weighted by Crippen LogP contribution is 2.27. The molecule has 3 N–H and O–H groups in total. The average Bonchev–Trinajstić information content (AvgIpc) is 2.86. The fraction of sp³-hybridized carbons (Fsp3) is 0.467. The second kappa shape index (κ2) is 6.45. The first-order valence-corrected chi connectivity index (χ1v) is 7.35. The molecular weight excluding hydrogens is 290 g/mol. The Kier molecular flexibility index (Phi) is 4.85. The molecule has 0 heterocycles. The maximum absolute atomic E-state index is 12.2. The predicted octanol–water partition coefficient (Wildman–Crippen LogP) is 2.11. The highest BCUT2D eigenvalue weighted by Gasteiger charge is 2.30. The molecule has 2 rings (SSSR count). The van der Waals surface area contributed by atoms with Crippen molar-refractivity contribution in [3.8, 4) is 0 Å². The monoisotopic (exact) mass is 309 g/mol. The second-order valence-corrected chi connectivity index (χ2v) is 5.99. The lowest BCUT2D eigenvalue weighted by Crippen LogP contribution is -2.34. The highest BCUT2D eigenvalue weighted by atomic mass is 35.5. The van der Waals surface area contributed by atoms with Crippen LogP contribution < -0.4 is 11.1 Å². The minimum absolute atomic E-state index is 0.0832. The van der Waals surface area contributed by atoms with Gasteiger partial charge in [0.1, 0.15) is 0 Å². The number of halogens is 1. The van der Waals surface area contributed by atoms with Crippen LogP contribution in [0.15, 0.2) is 18.2 Å². The van der Waals surface area contributed by atoms with Gasteiger partial charge in [-0.2, -0.15) is 0 Å². The molecule has 0 spiro atoms. The van der Waals surface area contributed by atoms with Gasteiger partial charge in [0.15, 0.2) is 0 Å². The molecule has 0 saturated heterocycles. The van der Waals surface area contributed by atoms with Crippen LogP contribution in [0.25, 0.3) is 0 Å². The predicted molar refractivity (Wildman–Crippen MR) is 83.4 cm³/mol. The summed E-state index contributed by atoms with van der Waals surface area (Å²) in [5.41, 5.74) is 6.87. The molecule has 2 amide bonds. The third kappa shape index (κ3) is 3.54. The SMILES string of the molecule is CN(C)C(=O)c1cc(NC(=O)C2CCCC2N)ccc1Cl. The van der Waals surface area contributed by atoms with E-state index in [-0.39, 0.29) is 23.8 Å². The molecule has 0 radical (unpaired) electrons. The van der Waals surface area contributed by atoms with Gasteiger partial charge in [0.05, 0.1) is 16.5 Å². The summed E-state index contributed by atoms with van der Waals surface area (Å²) in [6.07, 6.45) is 2.66. The van der Waals surface area contributed by atoms with E-state index in [1.807, 2.05) is 0 Å². The first kappa shape index (κ1) is 15.8. The molecule has 6 heteroatoms. The maximum atomic E-state index is 12.2. The smallest absolute Gasteiger partial charge is 0.254 e. The Balaban J connectivity index is 2.16. The van der Waals surface area contributed by atoms with E-state index in [9.17, 15) is 9.59 Å². The van der Waals surface area contributed by atoms with Gasteiger partial charge in [-0.1, -0.05) is 18.0 Å². The van der Waals surface area contributed by atoms with Crippen molar-refractivity contribution in [2.75, 3.05) is 19.4 Å². The molecule has 2 unspecified atom stereocenters. The van der Waals surface area contributed by atoms with E-state index in [4.69, 9.17) is 17.3 Å². The van der Waals surface area contributed by atoms with Gasteiger partial charge in [0.25, 0.3) is 5.91 Å². The topological polar surface area (TPSA) is 75.4 Å². The summed E-state index contributed by atoms with van der Waals surface area (Å²) in [6.45, 7) is 0. The molecule has 5 nitrogen and oxygen atoms in total. The van der Waals surface area contributed by atoms with Crippen LogP contribution in [0.4, 0.5) is 5.69 Å². The van der Waals surface area contributed by atoms with Gasteiger partial charge < -0.3 is 16.0 Å². The molecule has 1 aromatic carbocycles. The van der Waals surface area contributed by atoms with Crippen LogP contribution >= 0.6 is 11.6 Å². The van der Waals surface area contributed by atoms with Crippen LogP contribution in [0.3, 0.4) is 0 Å². The normalized spacial score (nSPS) is 21.1. The van der Waals surface area contributed by atoms with Crippen molar-refractivity contribution in [2.45, 2.75) is 25.3 Å². The summed E-state index contributed by atoms with van der Waals surface area (Å²) in [5.74, 6) is -0.451. The minimum Gasteiger partial charge on any atom is -0.345 e. The zero-order valence-corrected chi connectivity index (χ0v) is 13.0. The number of rotatable bonds is 3. The van der Waals surface area contributed by atoms with Crippen LogP contribution in [-0.2, 0) is 4.79 Å². The number of anilines is 1. The van der Waals surface area contributed by atoms with E-state index in [1.54, 1.807) is 32.3 Å². The summed E-state index contributed by atoms with van der Waals surface area (Å²) in [4.78, 5) is 25.7. The number of nitrogens with one attached hydrogen (secondary N) is 1. The number of carbonyl (C=O) groups is 2. The molecule has 1 aliphatic rings. The first-order valence-electron chi connectivity index (χ1n) is 6.98. The van der Waals surface area contributed by atoms with Crippen LogP contribution in [-0.4, -0.2) is 36.9 Å². The second-order valence-electron chi connectivity index (χ2n) is 5.58. The van der Waals surface area contributed by atoms with E-state index in [1.165, 1.54) is 4.90 Å². The minimum atomic E-state index is -0.200. The average molecular weight is 310 g/mol. The molecule has 1 aliphatic carbocycles. The van der Waals surface area contributed by atoms with Crippen molar-refractivity contribution < 1.29 is 9.59 Å². The van der Waals surface area contributed by atoms with Crippen LogP contribution in [0, 0.1) is 5.92 Å². The summed E-state index contributed by atoms with van der Waals surface area (Å²) in [7, 11) is 3.31. The number of nitrogens with two attached hydrogens (primary N) is 1. The van der Waals surface area contributed by atoms with E-state index in [0.29, 0.717) is 16.3 Å². The van der Waals surface area contributed by atoms with Gasteiger partial charge in [-0.25, -0.2) is 0 Å². The van der Waals surface area contributed by atoms with Gasteiger partial charge in [-0.15, -0.1) is 0 Å². The van der Waals surface area contributed by atoms with E-state index in [0.717, 1.165) is 19.3 Å². The Labute approximate surface area is 129 Å². The lowest BCUT2D eigenvalue weighted by Gasteiger charge is -2.16. The van der Waals surface area contributed by atoms with Crippen molar-refractivity contribution >= 4 is 29.1 Å². The third-order valence-corrected chi connectivity index (χ3v) is 4.11. The Morgan fingerprint density at radius 1 is 1.33 bits per heavy atom. The molecular formula is C15H20ClN3O2. The summed E-state index contributed by atoms with van der Waals surface area (Å²) in [5, 5.41) is 3.19. The van der Waals surface area contributed by atoms with Crippen molar-refractivity contribution in [2.24, 2.45) is 11.7 Å². The number of hydrogen-bond donors (Lipinski definition) is 2. The van der Waals surface area contributed by atoms with Crippen molar-refractivity contribution in [1.29, 1.82) is 0 Å². The quantitative estimate of drug-likeness (QED) is 0.898. The molecule has 1 aromatic rings. The van der Waals surface area contributed by atoms with Crippen LogP contribution in [0.5, 0.6) is 0 Å². The molecule has 21 heavy (non-hydrogen) atoms. The molecule has 0 bridgehead atoms.